The van der Waals surface area contributed by atoms with Crippen LogP contribution in [0.5, 0.6) is 0 Å². The molecule has 6 heteroatoms. The molecule has 0 aliphatic carbocycles. The number of hydrogen-bond donors (Lipinski definition) is 3. The summed E-state index contributed by atoms with van der Waals surface area (Å²) in [5.41, 5.74) is 1.01. The Morgan fingerprint density at radius 2 is 1.65 bits per heavy atom. The van der Waals surface area contributed by atoms with Crippen LogP contribution in [0.1, 0.15) is 30.2 Å². The van der Waals surface area contributed by atoms with Crippen LogP contribution >= 0.6 is 0 Å². The van der Waals surface area contributed by atoms with E-state index in [1.165, 1.54) is 30.3 Å². The Balaban J connectivity index is 1.85. The van der Waals surface area contributed by atoms with Gasteiger partial charge in [0.1, 0.15) is 11.6 Å². The summed E-state index contributed by atoms with van der Waals surface area (Å²) in [7, 11) is 0. The van der Waals surface area contributed by atoms with Crippen molar-refractivity contribution >= 4 is 6.03 Å². The fourth-order valence-corrected chi connectivity index (χ4v) is 2.13. The molecule has 2 atom stereocenters. The molecule has 0 saturated heterocycles. The van der Waals surface area contributed by atoms with E-state index in [4.69, 9.17) is 0 Å². The van der Waals surface area contributed by atoms with Gasteiger partial charge in [-0.25, -0.2) is 13.6 Å². The Morgan fingerprint density at radius 1 is 1.09 bits per heavy atom. The van der Waals surface area contributed by atoms with E-state index >= 15 is 0 Å². The van der Waals surface area contributed by atoms with E-state index in [2.05, 4.69) is 10.6 Å². The lowest BCUT2D eigenvalue weighted by Gasteiger charge is -2.17. The number of benzene rings is 2. The molecule has 0 bridgehead atoms. The topological polar surface area (TPSA) is 61.4 Å². The minimum Gasteiger partial charge on any atom is -0.387 e. The number of nitrogens with one attached hydrogen (secondary N) is 2. The zero-order chi connectivity index (χ0) is 16.8. The van der Waals surface area contributed by atoms with Crippen molar-refractivity contribution in [3.05, 3.63) is 71.3 Å². The number of hydrogen-bond acceptors (Lipinski definition) is 2. The predicted molar refractivity (Wildman–Crippen MR) is 82.7 cm³/mol. The van der Waals surface area contributed by atoms with Crippen molar-refractivity contribution in [2.45, 2.75) is 19.1 Å². The lowest BCUT2D eigenvalue weighted by atomic mass is 10.1. The molecule has 2 unspecified atom stereocenters. The second-order valence-electron chi connectivity index (χ2n) is 5.20. The van der Waals surface area contributed by atoms with Crippen LogP contribution in [-0.4, -0.2) is 17.7 Å². The SMILES string of the molecule is CC(NC(=O)NCC(O)c1cccc(F)c1)c1cccc(F)c1. The molecular formula is C17H18F2N2O2. The van der Waals surface area contributed by atoms with Gasteiger partial charge in [-0.1, -0.05) is 24.3 Å². The Labute approximate surface area is 133 Å². The summed E-state index contributed by atoms with van der Waals surface area (Å²) in [6.07, 6.45) is -1.01. The van der Waals surface area contributed by atoms with E-state index in [0.29, 0.717) is 11.1 Å². The first kappa shape index (κ1) is 16.9. The van der Waals surface area contributed by atoms with E-state index in [1.807, 2.05) is 0 Å². The van der Waals surface area contributed by atoms with Gasteiger partial charge in [-0.3, -0.25) is 0 Å². The molecule has 2 rings (SSSR count). The predicted octanol–water partition coefficient (Wildman–Crippen LogP) is 3.06. The van der Waals surface area contributed by atoms with Crippen molar-refractivity contribution in [1.29, 1.82) is 0 Å². The van der Waals surface area contributed by atoms with Gasteiger partial charge in [-0.15, -0.1) is 0 Å². The first-order valence-electron chi connectivity index (χ1n) is 7.19. The van der Waals surface area contributed by atoms with Gasteiger partial charge in [0, 0.05) is 6.54 Å². The molecule has 2 aromatic carbocycles. The largest absolute Gasteiger partial charge is 0.387 e. The van der Waals surface area contributed by atoms with Crippen LogP contribution in [0.4, 0.5) is 13.6 Å². The van der Waals surface area contributed by atoms with Gasteiger partial charge in [0.15, 0.2) is 0 Å². The summed E-state index contributed by atoms with van der Waals surface area (Å²) in [5, 5.41) is 15.1. The zero-order valence-electron chi connectivity index (χ0n) is 12.6. The molecule has 0 spiro atoms. The molecule has 0 aliphatic rings. The normalized spacial score (nSPS) is 13.2. The smallest absolute Gasteiger partial charge is 0.315 e. The first-order chi connectivity index (χ1) is 11.0. The fourth-order valence-electron chi connectivity index (χ4n) is 2.13. The highest BCUT2D eigenvalue weighted by molar-refractivity contribution is 5.74. The maximum Gasteiger partial charge on any atom is 0.315 e. The van der Waals surface area contributed by atoms with Crippen molar-refractivity contribution in [3.63, 3.8) is 0 Å². The molecular weight excluding hydrogens is 302 g/mol. The second kappa shape index (κ2) is 7.69. The molecule has 3 N–H and O–H groups in total. The van der Waals surface area contributed by atoms with Gasteiger partial charge >= 0.3 is 6.03 Å². The van der Waals surface area contributed by atoms with Crippen LogP contribution in [-0.2, 0) is 0 Å². The van der Waals surface area contributed by atoms with E-state index in [9.17, 15) is 18.7 Å². The Morgan fingerprint density at radius 3 is 2.26 bits per heavy atom. The van der Waals surface area contributed by atoms with E-state index in [0.717, 1.165) is 0 Å². The average Bonchev–Trinajstić information content (AvgIpc) is 2.52. The third kappa shape index (κ3) is 5.03. The van der Waals surface area contributed by atoms with Crippen LogP contribution in [0.15, 0.2) is 48.5 Å². The van der Waals surface area contributed by atoms with Crippen molar-refractivity contribution in [2.24, 2.45) is 0 Å². The van der Waals surface area contributed by atoms with Crippen LogP contribution < -0.4 is 10.6 Å². The lowest BCUT2D eigenvalue weighted by molar-refractivity contribution is 0.172. The molecule has 122 valence electrons. The number of carbonyl (C=O) groups excluding carboxylic acids is 1. The van der Waals surface area contributed by atoms with Gasteiger partial charge in [0.05, 0.1) is 12.1 Å². The minimum atomic E-state index is -1.01. The molecule has 0 heterocycles. The summed E-state index contributed by atoms with van der Waals surface area (Å²) in [6, 6.07) is 10.6. The lowest BCUT2D eigenvalue weighted by Crippen LogP contribution is -2.39. The highest BCUT2D eigenvalue weighted by Crippen LogP contribution is 2.14. The summed E-state index contributed by atoms with van der Waals surface area (Å²) >= 11 is 0. The van der Waals surface area contributed by atoms with Crippen LogP contribution in [0.25, 0.3) is 0 Å². The maximum atomic E-state index is 13.1. The van der Waals surface area contributed by atoms with Crippen LogP contribution in [0.3, 0.4) is 0 Å². The van der Waals surface area contributed by atoms with Crippen molar-refractivity contribution < 1.29 is 18.7 Å². The van der Waals surface area contributed by atoms with Gasteiger partial charge in [-0.05, 0) is 42.3 Å². The van der Waals surface area contributed by atoms with Gasteiger partial charge < -0.3 is 15.7 Å². The molecule has 23 heavy (non-hydrogen) atoms. The van der Waals surface area contributed by atoms with Gasteiger partial charge in [0.2, 0.25) is 0 Å². The number of amides is 2. The van der Waals surface area contributed by atoms with E-state index in [-0.39, 0.29) is 12.4 Å². The number of carbonyl (C=O) groups is 1. The molecule has 4 nitrogen and oxygen atoms in total. The molecule has 0 aromatic heterocycles. The number of aliphatic hydroxyl groups is 1. The maximum absolute atomic E-state index is 13.1. The van der Waals surface area contributed by atoms with Crippen molar-refractivity contribution in [1.82, 2.24) is 10.6 Å². The molecule has 2 amide bonds. The standard InChI is InChI=1S/C17H18F2N2O2/c1-11(12-4-2-6-14(18)8-12)21-17(23)20-10-16(22)13-5-3-7-15(19)9-13/h2-9,11,16,22H,10H2,1H3,(H2,20,21,23). The fraction of sp³-hybridized carbons (Fsp3) is 0.235. The second-order valence-corrected chi connectivity index (χ2v) is 5.20. The van der Waals surface area contributed by atoms with Crippen LogP contribution in [0.2, 0.25) is 0 Å². The first-order valence-corrected chi connectivity index (χ1v) is 7.19. The van der Waals surface area contributed by atoms with Crippen LogP contribution in [0, 0.1) is 11.6 Å². The monoisotopic (exact) mass is 320 g/mol. The van der Waals surface area contributed by atoms with Gasteiger partial charge in [0.25, 0.3) is 0 Å². The number of rotatable bonds is 5. The average molecular weight is 320 g/mol. The number of halogens is 2. The molecule has 0 aliphatic heterocycles. The zero-order valence-corrected chi connectivity index (χ0v) is 12.6. The quantitative estimate of drug-likeness (QED) is 0.793. The third-order valence-electron chi connectivity index (χ3n) is 3.39. The van der Waals surface area contributed by atoms with E-state index < -0.39 is 24.0 Å². The Kier molecular flexibility index (Phi) is 5.65. The number of urea groups is 1. The summed E-state index contributed by atoms with van der Waals surface area (Å²) < 4.78 is 26.2. The van der Waals surface area contributed by atoms with Gasteiger partial charge in [-0.2, -0.15) is 0 Å². The molecule has 2 aromatic rings. The highest BCUT2D eigenvalue weighted by Gasteiger charge is 2.13. The van der Waals surface area contributed by atoms with Crippen molar-refractivity contribution in [3.8, 4) is 0 Å². The Hall–Kier alpha value is -2.47. The Bertz CT molecular complexity index is 679. The summed E-state index contributed by atoms with van der Waals surface area (Å²) in [6.45, 7) is 1.66. The molecule has 0 fully saturated rings. The minimum absolute atomic E-state index is 0.0643. The number of aliphatic hydroxyl groups excluding tert-OH is 1. The third-order valence-corrected chi connectivity index (χ3v) is 3.39. The molecule has 0 radical (unpaired) electrons. The van der Waals surface area contributed by atoms with Crippen molar-refractivity contribution in [2.75, 3.05) is 6.54 Å². The summed E-state index contributed by atoms with van der Waals surface area (Å²) in [5.74, 6) is -0.830. The molecule has 0 saturated carbocycles. The van der Waals surface area contributed by atoms with E-state index in [1.54, 1.807) is 25.1 Å². The highest BCUT2D eigenvalue weighted by atomic mass is 19.1. The summed E-state index contributed by atoms with van der Waals surface area (Å²) in [4.78, 5) is 11.8.